The highest BCUT2D eigenvalue weighted by Gasteiger charge is 2.24. The lowest BCUT2D eigenvalue weighted by atomic mass is 10.2. The first-order valence-electron chi connectivity index (χ1n) is 6.57. The van der Waals surface area contributed by atoms with Crippen molar-refractivity contribution in [2.24, 2.45) is 0 Å². The molecule has 1 aromatic rings. The molecule has 4 nitrogen and oxygen atoms in total. The number of amides is 1. The van der Waals surface area contributed by atoms with Crippen LogP contribution in [0.3, 0.4) is 0 Å². The van der Waals surface area contributed by atoms with Crippen LogP contribution in [0.4, 0.5) is 5.69 Å². The minimum absolute atomic E-state index is 0.124. The number of halogens is 2. The maximum Gasteiger partial charge on any atom is 0.238 e. The molecule has 0 bridgehead atoms. The summed E-state index contributed by atoms with van der Waals surface area (Å²) in [6, 6.07) is 5.13. The van der Waals surface area contributed by atoms with E-state index in [4.69, 9.17) is 27.9 Å². The van der Waals surface area contributed by atoms with E-state index in [0.717, 1.165) is 13.1 Å². The minimum Gasteiger partial charge on any atom is -0.373 e. The van der Waals surface area contributed by atoms with Crippen LogP contribution in [0, 0.1) is 0 Å². The van der Waals surface area contributed by atoms with Crippen molar-refractivity contribution in [3.8, 4) is 0 Å². The van der Waals surface area contributed by atoms with Gasteiger partial charge in [0.1, 0.15) is 0 Å². The summed E-state index contributed by atoms with van der Waals surface area (Å²) in [5.74, 6) is -0.124. The van der Waals surface area contributed by atoms with Crippen LogP contribution in [0.2, 0.25) is 10.0 Å². The number of rotatable bonds is 3. The molecule has 2 rings (SSSR count). The Morgan fingerprint density at radius 3 is 2.40 bits per heavy atom. The number of nitrogens with zero attached hydrogens (tertiary/aromatic N) is 1. The highest BCUT2D eigenvalue weighted by atomic mass is 35.5. The second kappa shape index (κ2) is 6.76. The molecule has 1 saturated heterocycles. The van der Waals surface area contributed by atoms with Crippen LogP contribution >= 0.6 is 23.2 Å². The standard InChI is InChI=1S/C14H18Cl2N2O2/c1-9-6-18(7-10(2)20-9)8-13(19)17-14-11(15)4-3-5-12(14)16/h3-5,9-10H,6-8H2,1-2H3,(H,17,19)/t9-,10-/m0/s1. The molecule has 0 radical (unpaired) electrons. The summed E-state index contributed by atoms with van der Waals surface area (Å²) in [6.45, 7) is 5.80. The first-order chi connectivity index (χ1) is 9.45. The molecule has 0 unspecified atom stereocenters. The van der Waals surface area contributed by atoms with Gasteiger partial charge in [0.25, 0.3) is 0 Å². The second-order valence-electron chi connectivity index (χ2n) is 5.10. The molecular weight excluding hydrogens is 299 g/mol. The van der Waals surface area contributed by atoms with Crippen LogP contribution in [0.1, 0.15) is 13.8 Å². The third kappa shape index (κ3) is 4.09. The van der Waals surface area contributed by atoms with Crippen LogP contribution < -0.4 is 5.32 Å². The predicted octanol–water partition coefficient (Wildman–Crippen LogP) is 3.04. The van der Waals surface area contributed by atoms with E-state index in [1.54, 1.807) is 18.2 Å². The lowest BCUT2D eigenvalue weighted by Gasteiger charge is -2.34. The van der Waals surface area contributed by atoms with E-state index < -0.39 is 0 Å². The summed E-state index contributed by atoms with van der Waals surface area (Å²) in [6.07, 6.45) is 0.269. The Kier molecular flexibility index (Phi) is 5.27. The van der Waals surface area contributed by atoms with Gasteiger partial charge < -0.3 is 10.1 Å². The van der Waals surface area contributed by atoms with E-state index in [9.17, 15) is 4.79 Å². The highest BCUT2D eigenvalue weighted by Crippen LogP contribution is 2.29. The summed E-state index contributed by atoms with van der Waals surface area (Å²) in [7, 11) is 0. The first-order valence-corrected chi connectivity index (χ1v) is 7.33. The molecule has 110 valence electrons. The predicted molar refractivity (Wildman–Crippen MR) is 81.5 cm³/mol. The number of hydrogen-bond donors (Lipinski definition) is 1. The van der Waals surface area contributed by atoms with Gasteiger partial charge in [-0.15, -0.1) is 0 Å². The van der Waals surface area contributed by atoms with E-state index in [0.29, 0.717) is 22.3 Å². The normalized spacial score (nSPS) is 23.6. The molecule has 2 atom stereocenters. The second-order valence-corrected chi connectivity index (χ2v) is 5.91. The third-order valence-corrected chi connectivity index (χ3v) is 3.72. The van der Waals surface area contributed by atoms with E-state index in [2.05, 4.69) is 10.2 Å². The zero-order valence-electron chi connectivity index (χ0n) is 11.5. The number of para-hydroxylation sites is 1. The van der Waals surface area contributed by atoms with E-state index in [-0.39, 0.29) is 18.1 Å². The Morgan fingerprint density at radius 1 is 1.30 bits per heavy atom. The van der Waals surface area contributed by atoms with Crippen LogP contribution in [0.5, 0.6) is 0 Å². The summed E-state index contributed by atoms with van der Waals surface area (Å²) in [4.78, 5) is 14.2. The number of hydrogen-bond acceptors (Lipinski definition) is 3. The van der Waals surface area contributed by atoms with E-state index >= 15 is 0 Å². The number of nitrogens with one attached hydrogen (secondary N) is 1. The molecule has 1 fully saturated rings. The molecule has 1 heterocycles. The van der Waals surface area contributed by atoms with E-state index in [1.807, 2.05) is 13.8 Å². The van der Waals surface area contributed by atoms with Crippen molar-refractivity contribution < 1.29 is 9.53 Å². The summed E-state index contributed by atoms with van der Waals surface area (Å²) < 4.78 is 5.64. The fraction of sp³-hybridized carbons (Fsp3) is 0.500. The zero-order valence-corrected chi connectivity index (χ0v) is 13.0. The number of benzene rings is 1. The molecule has 1 amide bonds. The molecule has 20 heavy (non-hydrogen) atoms. The van der Waals surface area contributed by atoms with Gasteiger partial charge in [-0.05, 0) is 26.0 Å². The Bertz CT molecular complexity index is 466. The van der Waals surface area contributed by atoms with Gasteiger partial charge in [0.15, 0.2) is 0 Å². The van der Waals surface area contributed by atoms with E-state index in [1.165, 1.54) is 0 Å². The molecule has 0 saturated carbocycles. The summed E-state index contributed by atoms with van der Waals surface area (Å²) in [5, 5.41) is 3.65. The van der Waals surface area contributed by atoms with Gasteiger partial charge in [0.2, 0.25) is 5.91 Å². The van der Waals surface area contributed by atoms with Crippen LogP contribution in [0.25, 0.3) is 0 Å². The van der Waals surface area contributed by atoms with Crippen molar-refractivity contribution >= 4 is 34.8 Å². The van der Waals surface area contributed by atoms with Gasteiger partial charge in [-0.25, -0.2) is 0 Å². The Labute approximate surface area is 129 Å². The molecule has 1 N–H and O–H groups in total. The average Bonchev–Trinajstić information content (AvgIpc) is 2.32. The average molecular weight is 317 g/mol. The van der Waals surface area contributed by atoms with Crippen molar-refractivity contribution in [3.05, 3.63) is 28.2 Å². The molecule has 6 heteroatoms. The van der Waals surface area contributed by atoms with Crippen molar-refractivity contribution in [2.45, 2.75) is 26.1 Å². The first kappa shape index (κ1) is 15.6. The summed E-state index contributed by atoms with van der Waals surface area (Å²) in [5.41, 5.74) is 0.468. The Balaban J connectivity index is 1.95. The molecule has 1 aliphatic rings. The number of morpholine rings is 1. The Morgan fingerprint density at radius 2 is 1.85 bits per heavy atom. The van der Waals surface area contributed by atoms with Gasteiger partial charge >= 0.3 is 0 Å². The number of carbonyl (C=O) groups is 1. The van der Waals surface area contributed by atoms with Gasteiger partial charge in [0, 0.05) is 13.1 Å². The minimum atomic E-state index is -0.124. The van der Waals surface area contributed by atoms with Gasteiger partial charge in [-0.2, -0.15) is 0 Å². The quantitative estimate of drug-likeness (QED) is 0.932. The Hall–Kier alpha value is -0.810. The molecule has 0 aromatic heterocycles. The van der Waals surface area contributed by atoms with Crippen molar-refractivity contribution in [3.63, 3.8) is 0 Å². The van der Waals surface area contributed by atoms with Crippen molar-refractivity contribution in [1.29, 1.82) is 0 Å². The fourth-order valence-electron chi connectivity index (χ4n) is 2.41. The third-order valence-electron chi connectivity index (χ3n) is 3.09. The lowest BCUT2D eigenvalue weighted by Crippen LogP contribution is -2.48. The smallest absolute Gasteiger partial charge is 0.238 e. The fourth-order valence-corrected chi connectivity index (χ4v) is 2.90. The number of carbonyl (C=O) groups excluding carboxylic acids is 1. The van der Waals surface area contributed by atoms with Crippen LogP contribution in [-0.2, 0) is 9.53 Å². The number of anilines is 1. The van der Waals surface area contributed by atoms with Crippen LogP contribution in [-0.4, -0.2) is 42.6 Å². The maximum absolute atomic E-state index is 12.1. The monoisotopic (exact) mass is 316 g/mol. The van der Waals surface area contributed by atoms with Crippen LogP contribution in [0.15, 0.2) is 18.2 Å². The molecular formula is C14H18Cl2N2O2. The topological polar surface area (TPSA) is 41.6 Å². The highest BCUT2D eigenvalue weighted by molar-refractivity contribution is 6.39. The molecule has 1 aliphatic heterocycles. The maximum atomic E-state index is 12.1. The zero-order chi connectivity index (χ0) is 14.7. The molecule has 0 spiro atoms. The van der Waals surface area contributed by atoms with Gasteiger partial charge in [0.05, 0.1) is 34.5 Å². The summed E-state index contributed by atoms with van der Waals surface area (Å²) >= 11 is 12.1. The molecule has 1 aromatic carbocycles. The lowest BCUT2D eigenvalue weighted by molar-refractivity contribution is -0.121. The SMILES string of the molecule is C[C@H]1CN(CC(=O)Nc2c(Cl)cccc2Cl)C[C@H](C)O1. The van der Waals surface area contributed by atoms with Crippen molar-refractivity contribution in [1.82, 2.24) is 4.90 Å². The van der Waals surface area contributed by atoms with Gasteiger partial charge in [-0.3, -0.25) is 9.69 Å². The largest absolute Gasteiger partial charge is 0.373 e. The molecule has 0 aliphatic carbocycles. The van der Waals surface area contributed by atoms with Gasteiger partial charge in [-0.1, -0.05) is 29.3 Å². The van der Waals surface area contributed by atoms with Crippen molar-refractivity contribution in [2.75, 3.05) is 25.0 Å². The number of ether oxygens (including phenoxy) is 1.